The molecular weight excluding hydrogens is 356 g/mol. The number of benzene rings is 1. The summed E-state index contributed by atoms with van der Waals surface area (Å²) in [6.07, 6.45) is 3.45. The first-order valence-electron chi connectivity index (χ1n) is 10.2. The van der Waals surface area contributed by atoms with Gasteiger partial charge in [0, 0.05) is 18.1 Å². The van der Waals surface area contributed by atoms with Gasteiger partial charge in [-0.1, -0.05) is 30.3 Å². The quantitative estimate of drug-likeness (QED) is 0.780. The zero-order chi connectivity index (χ0) is 20.3. The molecule has 0 radical (unpaired) electrons. The molecule has 0 aromatic heterocycles. The lowest BCUT2D eigenvalue weighted by Crippen LogP contribution is -2.54. The summed E-state index contributed by atoms with van der Waals surface area (Å²) in [5.74, 6) is -0.245. The van der Waals surface area contributed by atoms with Crippen LogP contribution in [0.2, 0.25) is 0 Å². The van der Waals surface area contributed by atoms with E-state index in [0.29, 0.717) is 0 Å². The van der Waals surface area contributed by atoms with Crippen molar-refractivity contribution in [3.63, 3.8) is 0 Å². The van der Waals surface area contributed by atoms with Gasteiger partial charge in [-0.05, 0) is 58.9 Å². The van der Waals surface area contributed by atoms with E-state index in [1.807, 2.05) is 62.9 Å². The molecule has 3 unspecified atom stereocenters. The van der Waals surface area contributed by atoms with Gasteiger partial charge in [0.05, 0.1) is 0 Å². The lowest BCUT2D eigenvalue weighted by atomic mass is 9.97. The molecule has 28 heavy (non-hydrogen) atoms. The van der Waals surface area contributed by atoms with Gasteiger partial charge < -0.3 is 19.7 Å². The van der Waals surface area contributed by atoms with Crippen LogP contribution in [0.4, 0.5) is 4.79 Å². The van der Waals surface area contributed by atoms with Crippen molar-refractivity contribution in [2.45, 2.75) is 89.8 Å². The molecule has 154 valence electrons. The number of nitrogens with one attached hydrogen (secondary N) is 1. The highest BCUT2D eigenvalue weighted by Gasteiger charge is 2.45. The predicted octanol–water partition coefficient (Wildman–Crippen LogP) is 3.64. The fourth-order valence-electron chi connectivity index (χ4n) is 4.20. The van der Waals surface area contributed by atoms with Crippen LogP contribution in [-0.4, -0.2) is 46.7 Å². The lowest BCUT2D eigenvalue weighted by Gasteiger charge is -2.40. The Morgan fingerprint density at radius 1 is 1.14 bits per heavy atom. The first-order chi connectivity index (χ1) is 13.2. The van der Waals surface area contributed by atoms with Crippen LogP contribution in [0.25, 0.3) is 0 Å². The van der Waals surface area contributed by atoms with Crippen LogP contribution in [0.5, 0.6) is 0 Å². The van der Waals surface area contributed by atoms with Crippen LogP contribution in [0.3, 0.4) is 0 Å². The number of rotatable bonds is 5. The third-order valence-electron chi connectivity index (χ3n) is 5.40. The highest BCUT2D eigenvalue weighted by atomic mass is 16.6. The van der Waals surface area contributed by atoms with Crippen LogP contribution in [0, 0.1) is 0 Å². The molecule has 1 aromatic carbocycles. The number of carbonyl (C=O) groups is 2. The molecule has 2 aliphatic rings. The van der Waals surface area contributed by atoms with E-state index in [-0.39, 0.29) is 42.8 Å². The topological polar surface area (TPSA) is 67.9 Å². The minimum absolute atomic E-state index is 0.179. The number of ether oxygens (including phenoxy) is 2. The number of amides is 1. The largest absolute Gasteiger partial charge is 0.460 e. The monoisotopic (exact) mass is 388 g/mol. The summed E-state index contributed by atoms with van der Waals surface area (Å²) in [5.41, 5.74) is 0.495. The smallest absolute Gasteiger partial charge is 0.410 e. The van der Waals surface area contributed by atoms with Crippen molar-refractivity contribution < 1.29 is 19.1 Å². The van der Waals surface area contributed by atoms with E-state index in [2.05, 4.69) is 5.32 Å². The first kappa shape index (κ1) is 20.6. The predicted molar refractivity (Wildman–Crippen MR) is 107 cm³/mol. The second-order valence-corrected chi connectivity index (χ2v) is 8.92. The van der Waals surface area contributed by atoms with Crippen molar-refractivity contribution in [3.05, 3.63) is 35.9 Å². The van der Waals surface area contributed by atoms with Gasteiger partial charge in [0.2, 0.25) is 0 Å². The van der Waals surface area contributed by atoms with Gasteiger partial charge in [-0.3, -0.25) is 4.79 Å². The summed E-state index contributed by atoms with van der Waals surface area (Å²) >= 11 is 0. The molecule has 6 heteroatoms. The summed E-state index contributed by atoms with van der Waals surface area (Å²) in [4.78, 5) is 26.8. The molecule has 1 N–H and O–H groups in total. The Balaban J connectivity index is 1.49. The molecule has 0 aliphatic carbocycles. The van der Waals surface area contributed by atoms with E-state index in [4.69, 9.17) is 9.47 Å². The molecule has 2 aliphatic heterocycles. The molecule has 1 aromatic rings. The van der Waals surface area contributed by atoms with Crippen molar-refractivity contribution in [1.82, 2.24) is 10.2 Å². The van der Waals surface area contributed by atoms with Gasteiger partial charge in [0.25, 0.3) is 0 Å². The highest BCUT2D eigenvalue weighted by Crippen LogP contribution is 2.37. The molecule has 2 saturated heterocycles. The van der Waals surface area contributed by atoms with E-state index in [9.17, 15) is 9.59 Å². The zero-order valence-corrected chi connectivity index (χ0v) is 17.3. The average Bonchev–Trinajstić information content (AvgIpc) is 2.90. The zero-order valence-electron chi connectivity index (χ0n) is 17.3. The van der Waals surface area contributed by atoms with Gasteiger partial charge in [0.1, 0.15) is 18.2 Å². The van der Waals surface area contributed by atoms with Gasteiger partial charge in [0.15, 0.2) is 0 Å². The van der Waals surface area contributed by atoms with E-state index >= 15 is 0 Å². The Labute approximate surface area is 167 Å². The summed E-state index contributed by atoms with van der Waals surface area (Å²) < 4.78 is 11.0. The molecule has 2 heterocycles. The van der Waals surface area contributed by atoms with E-state index < -0.39 is 5.60 Å². The molecule has 0 spiro atoms. The van der Waals surface area contributed by atoms with Crippen LogP contribution >= 0.6 is 0 Å². The molecule has 2 fully saturated rings. The van der Waals surface area contributed by atoms with Crippen LogP contribution < -0.4 is 5.32 Å². The second-order valence-electron chi connectivity index (χ2n) is 8.92. The van der Waals surface area contributed by atoms with E-state index in [0.717, 1.165) is 31.2 Å². The maximum Gasteiger partial charge on any atom is 0.410 e. The van der Waals surface area contributed by atoms with Crippen molar-refractivity contribution in [2.75, 3.05) is 0 Å². The fraction of sp³-hybridized carbons (Fsp3) is 0.636. The van der Waals surface area contributed by atoms with Crippen LogP contribution in [-0.2, 0) is 20.9 Å². The summed E-state index contributed by atoms with van der Waals surface area (Å²) in [6, 6.07) is 9.87. The molecular formula is C22H32N2O4. The summed E-state index contributed by atoms with van der Waals surface area (Å²) in [6.45, 7) is 7.81. The number of nitrogens with zero attached hydrogens (tertiary/aromatic N) is 1. The van der Waals surface area contributed by atoms with Crippen molar-refractivity contribution in [2.24, 2.45) is 0 Å². The Hall–Kier alpha value is -2.08. The highest BCUT2D eigenvalue weighted by molar-refractivity contribution is 5.75. The van der Waals surface area contributed by atoms with E-state index in [1.165, 1.54) is 0 Å². The third kappa shape index (κ3) is 5.25. The Morgan fingerprint density at radius 2 is 1.75 bits per heavy atom. The summed E-state index contributed by atoms with van der Waals surface area (Å²) in [7, 11) is 0. The first-order valence-corrected chi connectivity index (χ1v) is 10.2. The van der Waals surface area contributed by atoms with E-state index in [1.54, 1.807) is 0 Å². The summed E-state index contributed by atoms with van der Waals surface area (Å²) in [5, 5.41) is 3.41. The number of hydrogen-bond donors (Lipinski definition) is 1. The van der Waals surface area contributed by atoms with Gasteiger partial charge in [-0.15, -0.1) is 0 Å². The second kappa shape index (κ2) is 8.52. The standard InChI is InChI=1S/C22H32N2O4/c1-15(20(25)27-14-16-8-6-5-7-9-16)23-17-12-18-10-11-19(13-17)24(18)21(26)28-22(2,3)4/h5-9,15,17-19,23H,10-14H2,1-4H3. The van der Waals surface area contributed by atoms with Gasteiger partial charge >= 0.3 is 12.1 Å². The molecule has 3 rings (SSSR count). The molecule has 6 nitrogen and oxygen atoms in total. The fourth-order valence-corrected chi connectivity index (χ4v) is 4.20. The van der Waals surface area contributed by atoms with Gasteiger partial charge in [-0.25, -0.2) is 4.79 Å². The number of hydrogen-bond acceptors (Lipinski definition) is 5. The minimum atomic E-state index is -0.483. The third-order valence-corrected chi connectivity index (χ3v) is 5.40. The number of piperidine rings is 1. The molecule has 1 amide bonds. The number of fused-ring (bicyclic) bond motifs is 2. The van der Waals surface area contributed by atoms with Crippen LogP contribution in [0.1, 0.15) is 58.9 Å². The molecule has 2 bridgehead atoms. The Morgan fingerprint density at radius 3 is 2.32 bits per heavy atom. The lowest BCUT2D eigenvalue weighted by molar-refractivity contribution is -0.147. The number of esters is 1. The maximum atomic E-state index is 12.5. The normalized spacial score (nSPS) is 25.3. The maximum absolute atomic E-state index is 12.5. The van der Waals surface area contributed by atoms with Crippen molar-refractivity contribution in [1.29, 1.82) is 0 Å². The van der Waals surface area contributed by atoms with Crippen molar-refractivity contribution in [3.8, 4) is 0 Å². The van der Waals surface area contributed by atoms with Crippen molar-refractivity contribution >= 4 is 12.1 Å². The Bertz CT molecular complexity index is 672. The van der Waals surface area contributed by atoms with Crippen LogP contribution in [0.15, 0.2) is 30.3 Å². The van der Waals surface area contributed by atoms with Gasteiger partial charge in [-0.2, -0.15) is 0 Å². The molecule has 0 saturated carbocycles. The SMILES string of the molecule is CC(NC1CC2CCC(C1)N2C(=O)OC(C)(C)C)C(=O)OCc1ccccc1. The molecule has 3 atom stereocenters. The Kier molecular flexibility index (Phi) is 6.28. The number of carbonyl (C=O) groups excluding carboxylic acids is 2. The minimum Gasteiger partial charge on any atom is -0.460 e. The average molecular weight is 389 g/mol.